The molecule has 0 fully saturated rings. The molecule has 0 spiro atoms. The molecule has 2 aromatic rings. The van der Waals surface area contributed by atoms with Crippen molar-refractivity contribution in [2.24, 2.45) is 0 Å². The van der Waals surface area contributed by atoms with Gasteiger partial charge >= 0.3 is 5.97 Å². The summed E-state index contributed by atoms with van der Waals surface area (Å²) in [6, 6.07) is 6.88. The Labute approximate surface area is 109 Å². The largest absolute Gasteiger partial charge is 0.478 e. The normalized spacial score (nSPS) is 10.5. The van der Waals surface area contributed by atoms with Gasteiger partial charge in [-0.25, -0.2) is 9.78 Å². The van der Waals surface area contributed by atoms with Gasteiger partial charge in [0, 0.05) is 24.2 Å². The molecule has 94 valence electrons. The number of carboxylic acid groups (broad SMARTS) is 1. The van der Waals surface area contributed by atoms with Crippen LogP contribution >= 0.6 is 11.3 Å². The van der Waals surface area contributed by atoms with Gasteiger partial charge in [0.05, 0.1) is 5.56 Å². The maximum absolute atomic E-state index is 10.7. The van der Waals surface area contributed by atoms with Crippen LogP contribution in [0.25, 0.3) is 0 Å². The zero-order valence-corrected chi connectivity index (χ0v) is 10.8. The Morgan fingerprint density at radius 1 is 1.33 bits per heavy atom. The maximum Gasteiger partial charge on any atom is 0.335 e. The molecule has 0 amide bonds. The van der Waals surface area contributed by atoms with Gasteiger partial charge in [0.15, 0.2) is 0 Å². The van der Waals surface area contributed by atoms with Crippen LogP contribution in [0.1, 0.15) is 26.6 Å². The minimum absolute atomic E-state index is 0.314. The fraction of sp³-hybridized carbons (Fsp3) is 0.231. The molecule has 0 radical (unpaired) electrons. The average molecular weight is 262 g/mol. The number of carbonyl (C=O) groups is 1. The number of thiazole rings is 1. The molecule has 0 atom stereocenters. The van der Waals surface area contributed by atoms with Gasteiger partial charge in [0.1, 0.15) is 5.01 Å². The second-order valence-corrected chi connectivity index (χ2v) is 4.93. The van der Waals surface area contributed by atoms with Crippen LogP contribution in [-0.2, 0) is 13.1 Å². The van der Waals surface area contributed by atoms with Crippen LogP contribution in [0.4, 0.5) is 0 Å². The zero-order chi connectivity index (χ0) is 13.0. The van der Waals surface area contributed by atoms with Crippen LogP contribution in [0.3, 0.4) is 0 Å². The first-order valence-electron chi connectivity index (χ1n) is 5.59. The van der Waals surface area contributed by atoms with E-state index in [1.54, 1.807) is 23.5 Å². The molecule has 1 heterocycles. The van der Waals surface area contributed by atoms with Gasteiger partial charge in [0.25, 0.3) is 0 Å². The van der Waals surface area contributed by atoms with Crippen molar-refractivity contribution in [2.75, 3.05) is 0 Å². The van der Waals surface area contributed by atoms with Gasteiger partial charge in [-0.3, -0.25) is 0 Å². The number of aromatic nitrogens is 1. The summed E-state index contributed by atoms with van der Waals surface area (Å²) >= 11 is 1.64. The molecule has 0 aliphatic rings. The van der Waals surface area contributed by atoms with E-state index in [-0.39, 0.29) is 0 Å². The molecule has 2 N–H and O–H groups in total. The predicted octanol–water partition coefficient (Wildman–Crippen LogP) is 2.44. The van der Waals surface area contributed by atoms with Crippen molar-refractivity contribution in [3.8, 4) is 0 Å². The quantitative estimate of drug-likeness (QED) is 0.868. The van der Waals surface area contributed by atoms with Gasteiger partial charge in [-0.1, -0.05) is 12.1 Å². The van der Waals surface area contributed by atoms with Crippen LogP contribution in [0, 0.1) is 6.92 Å². The predicted molar refractivity (Wildman–Crippen MR) is 70.8 cm³/mol. The Balaban J connectivity index is 1.85. The first kappa shape index (κ1) is 12.7. The van der Waals surface area contributed by atoms with Crippen LogP contribution in [-0.4, -0.2) is 16.1 Å². The lowest BCUT2D eigenvalue weighted by molar-refractivity contribution is 0.0697. The number of hydrogen-bond donors (Lipinski definition) is 2. The molecule has 0 bridgehead atoms. The summed E-state index contributed by atoms with van der Waals surface area (Å²) in [5.41, 5.74) is 2.42. The third-order valence-electron chi connectivity index (χ3n) is 2.47. The van der Waals surface area contributed by atoms with Gasteiger partial charge in [-0.15, -0.1) is 11.3 Å². The fourth-order valence-electron chi connectivity index (χ4n) is 1.56. The monoisotopic (exact) mass is 262 g/mol. The zero-order valence-electron chi connectivity index (χ0n) is 10.0. The number of aromatic carboxylic acids is 1. The lowest BCUT2D eigenvalue weighted by Crippen LogP contribution is -2.12. The molecule has 0 saturated carbocycles. The maximum atomic E-state index is 10.7. The number of nitrogens with one attached hydrogen (secondary N) is 1. The standard InChI is InChI=1S/C13H14N2O2S/c1-9-8-18-12(15-9)7-14-6-10-2-4-11(5-3-10)13(16)17/h2-5,8,14H,6-7H2,1H3,(H,16,17). The Bertz CT molecular complexity index is 534. The Kier molecular flexibility index (Phi) is 4.07. The van der Waals surface area contributed by atoms with Crippen LogP contribution in [0.5, 0.6) is 0 Å². The second kappa shape index (κ2) is 5.75. The third-order valence-corrected chi connectivity index (χ3v) is 3.44. The van der Waals surface area contributed by atoms with E-state index in [2.05, 4.69) is 10.3 Å². The number of carboxylic acids is 1. The number of benzene rings is 1. The van der Waals surface area contributed by atoms with Crippen LogP contribution in [0.15, 0.2) is 29.6 Å². The summed E-state index contributed by atoms with van der Waals surface area (Å²) < 4.78 is 0. The molecule has 0 aliphatic heterocycles. The first-order chi connectivity index (χ1) is 8.65. The van der Waals surface area contributed by atoms with E-state index in [9.17, 15) is 4.79 Å². The van der Waals surface area contributed by atoms with Crippen molar-refractivity contribution in [3.63, 3.8) is 0 Å². The summed E-state index contributed by atoms with van der Waals surface area (Å²) in [5, 5.41) is 15.2. The molecular weight excluding hydrogens is 248 g/mol. The van der Waals surface area contributed by atoms with E-state index in [1.807, 2.05) is 24.4 Å². The number of hydrogen-bond acceptors (Lipinski definition) is 4. The second-order valence-electron chi connectivity index (χ2n) is 3.99. The molecule has 0 unspecified atom stereocenters. The average Bonchev–Trinajstić information content (AvgIpc) is 2.76. The Morgan fingerprint density at radius 3 is 2.61 bits per heavy atom. The third kappa shape index (κ3) is 3.38. The number of rotatable bonds is 5. The van der Waals surface area contributed by atoms with E-state index >= 15 is 0 Å². The highest BCUT2D eigenvalue weighted by atomic mass is 32.1. The minimum atomic E-state index is -0.896. The van der Waals surface area contributed by atoms with E-state index < -0.39 is 5.97 Å². The van der Waals surface area contributed by atoms with Crippen molar-refractivity contribution in [2.45, 2.75) is 20.0 Å². The summed E-state index contributed by atoms with van der Waals surface area (Å²) in [5.74, 6) is -0.896. The molecule has 2 rings (SSSR count). The van der Waals surface area contributed by atoms with E-state index in [1.165, 1.54) is 0 Å². The summed E-state index contributed by atoms with van der Waals surface area (Å²) in [6.45, 7) is 3.42. The summed E-state index contributed by atoms with van der Waals surface area (Å²) in [6.07, 6.45) is 0. The molecular formula is C13H14N2O2S. The molecule has 0 aliphatic carbocycles. The summed E-state index contributed by atoms with van der Waals surface area (Å²) in [7, 11) is 0. The van der Waals surface area contributed by atoms with Crippen LogP contribution in [0.2, 0.25) is 0 Å². The molecule has 0 saturated heterocycles. The van der Waals surface area contributed by atoms with Crippen molar-refractivity contribution < 1.29 is 9.90 Å². The van der Waals surface area contributed by atoms with Crippen molar-refractivity contribution in [1.82, 2.24) is 10.3 Å². The molecule has 1 aromatic carbocycles. The summed E-state index contributed by atoms with van der Waals surface area (Å²) in [4.78, 5) is 15.0. The van der Waals surface area contributed by atoms with Gasteiger partial charge < -0.3 is 10.4 Å². The lowest BCUT2D eigenvalue weighted by atomic mass is 10.1. The lowest BCUT2D eigenvalue weighted by Gasteiger charge is -2.03. The highest BCUT2D eigenvalue weighted by Crippen LogP contribution is 2.09. The molecule has 4 nitrogen and oxygen atoms in total. The van der Waals surface area contributed by atoms with E-state index in [0.717, 1.165) is 22.8 Å². The van der Waals surface area contributed by atoms with Crippen molar-refractivity contribution in [3.05, 3.63) is 51.5 Å². The Morgan fingerprint density at radius 2 is 2.06 bits per heavy atom. The number of nitrogens with zero attached hydrogens (tertiary/aromatic N) is 1. The molecule has 18 heavy (non-hydrogen) atoms. The topological polar surface area (TPSA) is 62.2 Å². The van der Waals surface area contributed by atoms with Crippen molar-refractivity contribution in [1.29, 1.82) is 0 Å². The van der Waals surface area contributed by atoms with E-state index in [4.69, 9.17) is 5.11 Å². The van der Waals surface area contributed by atoms with Gasteiger partial charge in [0.2, 0.25) is 0 Å². The minimum Gasteiger partial charge on any atom is -0.478 e. The SMILES string of the molecule is Cc1csc(CNCc2ccc(C(=O)O)cc2)n1. The molecule has 1 aromatic heterocycles. The highest BCUT2D eigenvalue weighted by molar-refractivity contribution is 7.09. The van der Waals surface area contributed by atoms with Crippen molar-refractivity contribution >= 4 is 17.3 Å². The first-order valence-corrected chi connectivity index (χ1v) is 6.47. The molecule has 5 heteroatoms. The smallest absolute Gasteiger partial charge is 0.335 e. The van der Waals surface area contributed by atoms with E-state index in [0.29, 0.717) is 12.1 Å². The number of aryl methyl sites for hydroxylation is 1. The van der Waals surface area contributed by atoms with Gasteiger partial charge in [-0.2, -0.15) is 0 Å². The van der Waals surface area contributed by atoms with Gasteiger partial charge in [-0.05, 0) is 24.6 Å². The fourth-order valence-corrected chi connectivity index (χ4v) is 2.30. The Hall–Kier alpha value is -1.72. The highest BCUT2D eigenvalue weighted by Gasteiger charge is 2.02. The van der Waals surface area contributed by atoms with Crippen LogP contribution < -0.4 is 5.32 Å².